The minimum atomic E-state index is -0.643. The topological polar surface area (TPSA) is 81.5 Å². The molecule has 1 N–H and O–H groups in total. The van der Waals surface area contributed by atoms with Crippen molar-refractivity contribution in [1.29, 1.82) is 0 Å². The molecule has 0 spiro atoms. The standard InChI is InChI=1S/C16H24N2O4/c1-12(2)9-10-17-11-16(3,4)22-15(19)13-5-7-14(8-6-13)18(20)21/h5-8,12,17H,9-11H2,1-4H3. The van der Waals surface area contributed by atoms with Crippen LogP contribution in [-0.2, 0) is 4.74 Å². The summed E-state index contributed by atoms with van der Waals surface area (Å²) in [5.74, 6) is 0.142. The molecule has 1 aromatic rings. The second-order valence-corrected chi connectivity index (χ2v) is 6.31. The zero-order chi connectivity index (χ0) is 16.8. The summed E-state index contributed by atoms with van der Waals surface area (Å²) < 4.78 is 5.46. The molecule has 122 valence electrons. The third-order valence-electron chi connectivity index (χ3n) is 3.13. The zero-order valence-electron chi connectivity index (χ0n) is 13.6. The van der Waals surface area contributed by atoms with Gasteiger partial charge in [-0.05, 0) is 44.9 Å². The van der Waals surface area contributed by atoms with E-state index in [1.807, 2.05) is 13.8 Å². The maximum atomic E-state index is 12.1. The van der Waals surface area contributed by atoms with Gasteiger partial charge in [-0.15, -0.1) is 0 Å². The highest BCUT2D eigenvalue weighted by molar-refractivity contribution is 5.89. The van der Waals surface area contributed by atoms with Crippen LogP contribution < -0.4 is 5.32 Å². The molecule has 0 saturated heterocycles. The SMILES string of the molecule is CC(C)CCNCC(C)(C)OC(=O)c1ccc([N+](=O)[O-])cc1. The van der Waals surface area contributed by atoms with Crippen molar-refractivity contribution in [3.8, 4) is 0 Å². The van der Waals surface area contributed by atoms with Gasteiger partial charge in [-0.2, -0.15) is 0 Å². The maximum absolute atomic E-state index is 12.1. The smallest absolute Gasteiger partial charge is 0.338 e. The minimum Gasteiger partial charge on any atom is -0.455 e. The van der Waals surface area contributed by atoms with Gasteiger partial charge in [-0.1, -0.05) is 13.8 Å². The summed E-state index contributed by atoms with van der Waals surface area (Å²) in [4.78, 5) is 22.1. The van der Waals surface area contributed by atoms with Crippen molar-refractivity contribution in [2.24, 2.45) is 5.92 Å². The highest BCUT2D eigenvalue weighted by Crippen LogP contribution is 2.16. The minimum absolute atomic E-state index is 0.0498. The number of non-ortho nitro benzene ring substituents is 1. The number of carbonyl (C=O) groups excluding carboxylic acids is 1. The number of hydrogen-bond donors (Lipinski definition) is 1. The number of nitrogens with one attached hydrogen (secondary N) is 1. The highest BCUT2D eigenvalue weighted by Gasteiger charge is 2.23. The van der Waals surface area contributed by atoms with Crippen LogP contribution >= 0.6 is 0 Å². The van der Waals surface area contributed by atoms with Crippen LogP contribution in [0.25, 0.3) is 0 Å². The van der Waals surface area contributed by atoms with E-state index in [2.05, 4.69) is 19.2 Å². The number of nitro benzene ring substituents is 1. The van der Waals surface area contributed by atoms with E-state index < -0.39 is 16.5 Å². The molecule has 0 unspecified atom stereocenters. The first-order valence-corrected chi connectivity index (χ1v) is 7.40. The fourth-order valence-corrected chi connectivity index (χ4v) is 1.85. The second kappa shape index (κ2) is 7.89. The van der Waals surface area contributed by atoms with E-state index >= 15 is 0 Å². The second-order valence-electron chi connectivity index (χ2n) is 6.31. The van der Waals surface area contributed by atoms with Crippen molar-refractivity contribution in [2.45, 2.75) is 39.7 Å². The van der Waals surface area contributed by atoms with Gasteiger partial charge in [0.25, 0.3) is 5.69 Å². The van der Waals surface area contributed by atoms with E-state index in [4.69, 9.17) is 4.74 Å². The molecule has 1 aromatic carbocycles. The first-order valence-electron chi connectivity index (χ1n) is 7.40. The Balaban J connectivity index is 2.53. The van der Waals surface area contributed by atoms with Crippen LogP contribution in [0.4, 0.5) is 5.69 Å². The lowest BCUT2D eigenvalue weighted by molar-refractivity contribution is -0.384. The Labute approximate surface area is 131 Å². The highest BCUT2D eigenvalue weighted by atomic mass is 16.6. The van der Waals surface area contributed by atoms with Crippen LogP contribution in [0, 0.1) is 16.0 Å². The van der Waals surface area contributed by atoms with Gasteiger partial charge in [-0.3, -0.25) is 10.1 Å². The molecule has 0 radical (unpaired) electrons. The molecular weight excluding hydrogens is 284 g/mol. The van der Waals surface area contributed by atoms with Gasteiger partial charge in [0.05, 0.1) is 10.5 Å². The number of benzene rings is 1. The molecule has 22 heavy (non-hydrogen) atoms. The molecule has 0 aromatic heterocycles. The molecule has 0 saturated carbocycles. The molecule has 0 heterocycles. The molecule has 0 aliphatic heterocycles. The first-order chi connectivity index (χ1) is 10.2. The maximum Gasteiger partial charge on any atom is 0.338 e. The van der Waals surface area contributed by atoms with Crippen LogP contribution in [0.5, 0.6) is 0 Å². The molecule has 6 heteroatoms. The monoisotopic (exact) mass is 308 g/mol. The van der Waals surface area contributed by atoms with E-state index in [0.717, 1.165) is 13.0 Å². The van der Waals surface area contributed by atoms with Crippen LogP contribution in [0.15, 0.2) is 24.3 Å². The summed E-state index contributed by atoms with van der Waals surface area (Å²) >= 11 is 0. The summed E-state index contributed by atoms with van der Waals surface area (Å²) in [6, 6.07) is 5.40. The zero-order valence-corrected chi connectivity index (χ0v) is 13.6. The molecule has 0 aliphatic rings. The predicted molar refractivity (Wildman–Crippen MR) is 84.9 cm³/mol. The van der Waals surface area contributed by atoms with E-state index in [1.54, 1.807) is 0 Å². The quantitative estimate of drug-likeness (QED) is 0.345. The Bertz CT molecular complexity index is 509. The van der Waals surface area contributed by atoms with Crippen molar-refractivity contribution in [2.75, 3.05) is 13.1 Å². The normalized spacial score (nSPS) is 11.5. The number of nitrogens with zero attached hydrogens (tertiary/aromatic N) is 1. The van der Waals surface area contributed by atoms with Crippen LogP contribution in [0.2, 0.25) is 0 Å². The molecular formula is C16H24N2O4. The van der Waals surface area contributed by atoms with Crippen LogP contribution in [-0.4, -0.2) is 29.6 Å². The van der Waals surface area contributed by atoms with Crippen molar-refractivity contribution < 1.29 is 14.5 Å². The Hall–Kier alpha value is -1.95. The summed E-state index contributed by atoms with van der Waals surface area (Å²) in [5.41, 5.74) is -0.387. The first kappa shape index (κ1) is 18.1. The van der Waals surface area contributed by atoms with Crippen molar-refractivity contribution in [3.05, 3.63) is 39.9 Å². The van der Waals surface area contributed by atoms with Gasteiger partial charge in [0.15, 0.2) is 0 Å². The molecule has 0 aliphatic carbocycles. The molecule has 0 bridgehead atoms. The largest absolute Gasteiger partial charge is 0.455 e. The summed E-state index contributed by atoms with van der Waals surface area (Å²) in [6.45, 7) is 9.40. The number of nitro groups is 1. The third-order valence-corrected chi connectivity index (χ3v) is 3.13. The molecule has 0 atom stereocenters. The molecule has 6 nitrogen and oxygen atoms in total. The van der Waals surface area contributed by atoms with Gasteiger partial charge >= 0.3 is 5.97 Å². The van der Waals surface area contributed by atoms with Crippen molar-refractivity contribution in [1.82, 2.24) is 5.32 Å². The number of carbonyl (C=O) groups is 1. The third kappa shape index (κ3) is 6.22. The van der Waals surface area contributed by atoms with E-state index in [-0.39, 0.29) is 5.69 Å². The van der Waals surface area contributed by atoms with E-state index in [1.165, 1.54) is 24.3 Å². The number of hydrogen-bond acceptors (Lipinski definition) is 5. The Kier molecular flexibility index (Phi) is 6.49. The van der Waals surface area contributed by atoms with Crippen molar-refractivity contribution in [3.63, 3.8) is 0 Å². The Morgan fingerprint density at radius 3 is 2.41 bits per heavy atom. The van der Waals surface area contributed by atoms with Crippen LogP contribution in [0.1, 0.15) is 44.5 Å². The lowest BCUT2D eigenvalue weighted by Gasteiger charge is -2.25. The Morgan fingerprint density at radius 2 is 1.91 bits per heavy atom. The number of ether oxygens (including phenoxy) is 1. The Morgan fingerprint density at radius 1 is 1.32 bits per heavy atom. The van der Waals surface area contributed by atoms with E-state index in [9.17, 15) is 14.9 Å². The average molecular weight is 308 g/mol. The van der Waals surface area contributed by atoms with Crippen molar-refractivity contribution >= 4 is 11.7 Å². The fraction of sp³-hybridized carbons (Fsp3) is 0.562. The van der Waals surface area contributed by atoms with E-state index in [0.29, 0.717) is 18.0 Å². The summed E-state index contributed by atoms with van der Waals surface area (Å²) in [6.07, 6.45) is 1.06. The predicted octanol–water partition coefficient (Wildman–Crippen LogP) is 3.17. The lowest BCUT2D eigenvalue weighted by atomic mass is 10.1. The van der Waals surface area contributed by atoms with Gasteiger partial charge in [0, 0.05) is 18.7 Å². The summed E-state index contributed by atoms with van der Waals surface area (Å²) in [5, 5.41) is 13.9. The molecule has 1 rings (SSSR count). The summed E-state index contributed by atoms with van der Waals surface area (Å²) in [7, 11) is 0. The van der Waals surface area contributed by atoms with Gasteiger partial charge in [-0.25, -0.2) is 4.79 Å². The average Bonchev–Trinajstić information content (AvgIpc) is 2.43. The fourth-order valence-electron chi connectivity index (χ4n) is 1.85. The molecule has 0 amide bonds. The van der Waals surface area contributed by atoms with Crippen LogP contribution in [0.3, 0.4) is 0 Å². The van der Waals surface area contributed by atoms with Gasteiger partial charge in [0.1, 0.15) is 5.60 Å². The number of rotatable bonds is 8. The van der Waals surface area contributed by atoms with Gasteiger partial charge < -0.3 is 10.1 Å². The number of esters is 1. The van der Waals surface area contributed by atoms with Gasteiger partial charge in [0.2, 0.25) is 0 Å². The molecule has 0 fully saturated rings. The lowest BCUT2D eigenvalue weighted by Crippen LogP contribution is -2.40.